The summed E-state index contributed by atoms with van der Waals surface area (Å²) in [7, 11) is 0. The van der Waals surface area contributed by atoms with Crippen molar-refractivity contribution in [3.8, 4) is 0 Å². The lowest BCUT2D eigenvalue weighted by atomic mass is 9.80. The molecule has 2 aromatic rings. The molecule has 2 heterocycles. The average molecular weight is 336 g/mol. The molecule has 4 heteroatoms. The zero-order valence-electron chi connectivity index (χ0n) is 14.1. The molecule has 1 saturated carbocycles. The third-order valence-electron chi connectivity index (χ3n) is 6.16. The van der Waals surface area contributed by atoms with Crippen molar-refractivity contribution in [3.63, 3.8) is 0 Å². The van der Waals surface area contributed by atoms with Crippen LogP contribution in [0, 0.1) is 5.82 Å². The molecule has 5 rings (SSSR count). The Bertz CT molecular complexity index is 870. The molecule has 0 unspecified atom stereocenters. The number of anilines is 1. The van der Waals surface area contributed by atoms with Gasteiger partial charge in [-0.15, -0.1) is 0 Å². The molecule has 1 amide bonds. The number of halogens is 1. The summed E-state index contributed by atoms with van der Waals surface area (Å²) in [6.07, 6.45) is 4.16. The highest BCUT2D eigenvalue weighted by atomic mass is 19.1. The quantitative estimate of drug-likeness (QED) is 0.856. The molecule has 0 aromatic heterocycles. The lowest BCUT2D eigenvalue weighted by Crippen LogP contribution is -2.35. The minimum absolute atomic E-state index is 0.00896. The Hall–Kier alpha value is -2.20. The second-order valence-electron chi connectivity index (χ2n) is 7.60. The Morgan fingerprint density at radius 1 is 1.08 bits per heavy atom. The molecule has 0 atom stereocenters. The number of hydrogen-bond donors (Lipinski definition) is 1. The van der Waals surface area contributed by atoms with E-state index >= 15 is 0 Å². The average Bonchev–Trinajstić information content (AvgIpc) is 3.34. The van der Waals surface area contributed by atoms with Crippen molar-refractivity contribution in [3.05, 3.63) is 64.5 Å². The van der Waals surface area contributed by atoms with Gasteiger partial charge in [0.1, 0.15) is 5.82 Å². The first kappa shape index (κ1) is 15.1. The molecule has 128 valence electrons. The Morgan fingerprint density at radius 3 is 2.72 bits per heavy atom. The van der Waals surface area contributed by atoms with E-state index < -0.39 is 0 Å². The fourth-order valence-corrected chi connectivity index (χ4v) is 4.95. The van der Waals surface area contributed by atoms with Crippen LogP contribution in [0.5, 0.6) is 0 Å². The van der Waals surface area contributed by atoms with Gasteiger partial charge in [-0.3, -0.25) is 4.79 Å². The van der Waals surface area contributed by atoms with Crippen LogP contribution >= 0.6 is 0 Å². The maximum atomic E-state index is 14.7. The van der Waals surface area contributed by atoms with Crippen LogP contribution in [-0.4, -0.2) is 12.5 Å². The van der Waals surface area contributed by atoms with Crippen LogP contribution < -0.4 is 10.2 Å². The minimum atomic E-state index is -0.186. The highest BCUT2D eigenvalue weighted by Crippen LogP contribution is 2.51. The Morgan fingerprint density at radius 2 is 1.88 bits per heavy atom. The second-order valence-corrected chi connectivity index (χ2v) is 7.60. The number of rotatable bonds is 1. The fraction of sp³-hybridized carbons (Fsp3) is 0.381. The summed E-state index contributed by atoms with van der Waals surface area (Å²) in [5.74, 6) is -0.168. The molecule has 2 aromatic carbocycles. The van der Waals surface area contributed by atoms with Gasteiger partial charge in [-0.05, 0) is 48.2 Å². The van der Waals surface area contributed by atoms with Crippen molar-refractivity contribution in [1.29, 1.82) is 0 Å². The Kier molecular flexibility index (Phi) is 3.26. The van der Waals surface area contributed by atoms with E-state index in [4.69, 9.17) is 0 Å². The smallest absolute Gasteiger partial charge is 0.258 e. The molecular formula is C21H21FN2O. The van der Waals surface area contributed by atoms with Crippen molar-refractivity contribution in [2.45, 2.75) is 44.2 Å². The topological polar surface area (TPSA) is 32.3 Å². The van der Waals surface area contributed by atoms with Crippen molar-refractivity contribution in [1.82, 2.24) is 5.32 Å². The molecule has 25 heavy (non-hydrogen) atoms. The van der Waals surface area contributed by atoms with Crippen LogP contribution in [0.1, 0.15) is 52.7 Å². The summed E-state index contributed by atoms with van der Waals surface area (Å²) in [6.45, 7) is 2.29. The van der Waals surface area contributed by atoms with E-state index in [1.807, 2.05) is 29.2 Å². The van der Waals surface area contributed by atoms with E-state index in [1.165, 1.54) is 17.2 Å². The number of nitrogens with zero attached hydrogens (tertiary/aromatic N) is 1. The first-order valence-corrected chi connectivity index (χ1v) is 9.11. The molecule has 3 nitrogen and oxygen atoms in total. The molecular weight excluding hydrogens is 315 g/mol. The summed E-state index contributed by atoms with van der Waals surface area (Å²) in [5.41, 5.74) is 4.51. The van der Waals surface area contributed by atoms with Gasteiger partial charge >= 0.3 is 0 Å². The summed E-state index contributed by atoms with van der Waals surface area (Å²) in [5, 5.41) is 3.31. The molecule has 0 bridgehead atoms. The number of carbonyl (C=O) groups is 1. The lowest BCUT2D eigenvalue weighted by Gasteiger charge is -2.25. The molecule has 2 aliphatic heterocycles. The third kappa shape index (κ3) is 2.17. The van der Waals surface area contributed by atoms with E-state index in [1.54, 1.807) is 6.07 Å². The first-order chi connectivity index (χ1) is 12.2. The molecule has 3 aliphatic rings. The SMILES string of the molecule is O=C(c1ccc2c(c1)CNC2)N1CC2(CCCC2)c2c(F)cccc21. The van der Waals surface area contributed by atoms with Crippen LogP contribution in [0.3, 0.4) is 0 Å². The molecule has 1 fully saturated rings. The third-order valence-corrected chi connectivity index (χ3v) is 6.16. The van der Waals surface area contributed by atoms with Crippen molar-refractivity contribution < 1.29 is 9.18 Å². The fourth-order valence-electron chi connectivity index (χ4n) is 4.95. The molecule has 0 radical (unpaired) electrons. The summed E-state index contributed by atoms with van der Waals surface area (Å²) in [4.78, 5) is 15.1. The molecule has 1 spiro atoms. The van der Waals surface area contributed by atoms with E-state index in [9.17, 15) is 9.18 Å². The van der Waals surface area contributed by atoms with Crippen LogP contribution in [0.25, 0.3) is 0 Å². The predicted molar refractivity (Wildman–Crippen MR) is 95.2 cm³/mol. The van der Waals surface area contributed by atoms with Crippen LogP contribution in [0.2, 0.25) is 0 Å². The minimum Gasteiger partial charge on any atom is -0.309 e. The lowest BCUT2D eigenvalue weighted by molar-refractivity contribution is 0.0985. The van der Waals surface area contributed by atoms with Crippen molar-refractivity contribution in [2.24, 2.45) is 0 Å². The van der Waals surface area contributed by atoms with Crippen LogP contribution in [0.15, 0.2) is 36.4 Å². The number of fused-ring (bicyclic) bond motifs is 3. The Balaban J connectivity index is 1.57. The largest absolute Gasteiger partial charge is 0.309 e. The standard InChI is InChI=1S/C21H21FN2O/c22-17-4-3-5-18-19(17)21(8-1-2-9-21)13-24(18)20(25)14-6-7-15-11-23-12-16(15)10-14/h3-7,10,23H,1-2,8-9,11-13H2. The summed E-state index contributed by atoms with van der Waals surface area (Å²) >= 11 is 0. The van der Waals surface area contributed by atoms with Gasteiger partial charge in [-0.25, -0.2) is 4.39 Å². The number of benzene rings is 2. The zero-order valence-corrected chi connectivity index (χ0v) is 14.1. The van der Waals surface area contributed by atoms with Gasteiger partial charge in [-0.1, -0.05) is 25.0 Å². The van der Waals surface area contributed by atoms with Crippen LogP contribution in [0.4, 0.5) is 10.1 Å². The summed E-state index contributed by atoms with van der Waals surface area (Å²) < 4.78 is 14.7. The maximum Gasteiger partial charge on any atom is 0.258 e. The van der Waals surface area contributed by atoms with Gasteiger partial charge in [0.2, 0.25) is 0 Å². The van der Waals surface area contributed by atoms with E-state index in [2.05, 4.69) is 5.32 Å². The number of carbonyl (C=O) groups excluding carboxylic acids is 1. The maximum absolute atomic E-state index is 14.7. The van der Waals surface area contributed by atoms with Gasteiger partial charge < -0.3 is 10.2 Å². The van der Waals surface area contributed by atoms with Gasteiger partial charge in [0.15, 0.2) is 0 Å². The number of amides is 1. The number of nitrogens with one attached hydrogen (secondary N) is 1. The monoisotopic (exact) mass is 336 g/mol. The van der Waals surface area contributed by atoms with E-state index in [0.717, 1.165) is 50.0 Å². The summed E-state index contributed by atoms with van der Waals surface area (Å²) in [6, 6.07) is 11.1. The predicted octanol–water partition coefficient (Wildman–Crippen LogP) is 3.90. The van der Waals surface area contributed by atoms with Gasteiger partial charge in [0.25, 0.3) is 5.91 Å². The normalized spacial score (nSPS) is 20.1. The van der Waals surface area contributed by atoms with Gasteiger partial charge in [-0.2, -0.15) is 0 Å². The zero-order chi connectivity index (χ0) is 17.0. The van der Waals surface area contributed by atoms with Crippen molar-refractivity contribution >= 4 is 11.6 Å². The molecule has 0 saturated heterocycles. The molecule has 1 aliphatic carbocycles. The van der Waals surface area contributed by atoms with Crippen LogP contribution in [-0.2, 0) is 18.5 Å². The van der Waals surface area contributed by atoms with E-state index in [0.29, 0.717) is 12.1 Å². The van der Waals surface area contributed by atoms with Gasteiger partial charge in [0.05, 0.1) is 5.69 Å². The first-order valence-electron chi connectivity index (χ1n) is 9.11. The number of hydrogen-bond acceptors (Lipinski definition) is 2. The van der Waals surface area contributed by atoms with Gasteiger partial charge in [0, 0.05) is 36.2 Å². The van der Waals surface area contributed by atoms with E-state index in [-0.39, 0.29) is 17.1 Å². The highest BCUT2D eigenvalue weighted by molar-refractivity contribution is 6.08. The second kappa shape index (κ2) is 5.40. The molecule has 1 N–H and O–H groups in total. The Labute approximate surface area is 146 Å². The highest BCUT2D eigenvalue weighted by Gasteiger charge is 2.48. The van der Waals surface area contributed by atoms with Crippen molar-refractivity contribution in [2.75, 3.05) is 11.4 Å².